The van der Waals surface area contributed by atoms with E-state index in [9.17, 15) is 4.79 Å². The molecule has 0 spiro atoms. The van der Waals surface area contributed by atoms with E-state index >= 15 is 0 Å². The highest BCUT2D eigenvalue weighted by molar-refractivity contribution is 5.90. The number of carbonyl (C=O) groups is 1. The van der Waals surface area contributed by atoms with Crippen LogP contribution in [0.4, 0.5) is 0 Å². The number of hydrogen-bond donors (Lipinski definition) is 1. The van der Waals surface area contributed by atoms with Gasteiger partial charge in [0.25, 0.3) is 0 Å². The molecule has 2 unspecified atom stereocenters. The molecule has 1 heterocycles. The Bertz CT molecular complexity index is 460. The minimum atomic E-state index is -0.293. The molecule has 0 radical (unpaired) electrons. The largest absolute Gasteiger partial charge is 0.465 e. The predicted molar refractivity (Wildman–Crippen MR) is 73.1 cm³/mol. The zero-order chi connectivity index (χ0) is 13.9. The minimum Gasteiger partial charge on any atom is -0.465 e. The van der Waals surface area contributed by atoms with E-state index in [0.29, 0.717) is 12.1 Å². The van der Waals surface area contributed by atoms with Crippen molar-refractivity contribution in [3.8, 4) is 0 Å². The molecule has 1 aliphatic rings. The Morgan fingerprint density at radius 1 is 1.53 bits per heavy atom. The third-order valence-corrected chi connectivity index (χ3v) is 3.99. The average Bonchev–Trinajstić information content (AvgIpc) is 2.76. The molecule has 2 atom stereocenters. The van der Waals surface area contributed by atoms with Crippen LogP contribution in [0.25, 0.3) is 0 Å². The highest BCUT2D eigenvalue weighted by Crippen LogP contribution is 2.25. The van der Waals surface area contributed by atoms with Crippen molar-refractivity contribution in [1.29, 1.82) is 0 Å². The molecule has 1 aliphatic heterocycles. The van der Waals surface area contributed by atoms with Crippen LogP contribution in [-0.4, -0.2) is 31.3 Å². The van der Waals surface area contributed by atoms with Crippen LogP contribution in [0.2, 0.25) is 0 Å². The summed E-state index contributed by atoms with van der Waals surface area (Å²) >= 11 is 0. The monoisotopic (exact) mass is 263 g/mol. The Morgan fingerprint density at radius 2 is 2.26 bits per heavy atom. The summed E-state index contributed by atoms with van der Waals surface area (Å²) in [4.78, 5) is 11.7. The maximum absolute atomic E-state index is 11.7. The van der Waals surface area contributed by atoms with Crippen molar-refractivity contribution in [3.63, 3.8) is 0 Å². The maximum Gasteiger partial charge on any atom is 0.338 e. The lowest BCUT2D eigenvalue weighted by atomic mass is 9.94. The summed E-state index contributed by atoms with van der Waals surface area (Å²) in [5, 5.41) is 3.51. The first-order valence-electron chi connectivity index (χ1n) is 6.59. The number of rotatable bonds is 4. The zero-order valence-corrected chi connectivity index (χ0v) is 11.7. The number of carbonyl (C=O) groups excluding carboxylic acids is 1. The van der Waals surface area contributed by atoms with Gasteiger partial charge in [-0.25, -0.2) is 4.79 Å². The zero-order valence-electron chi connectivity index (χ0n) is 11.7. The lowest BCUT2D eigenvalue weighted by Gasteiger charge is -2.29. The van der Waals surface area contributed by atoms with Gasteiger partial charge >= 0.3 is 5.97 Å². The third-order valence-electron chi connectivity index (χ3n) is 3.99. The third kappa shape index (κ3) is 2.96. The second-order valence-electron chi connectivity index (χ2n) is 5.18. The van der Waals surface area contributed by atoms with Gasteiger partial charge in [0.1, 0.15) is 0 Å². The molecule has 0 aromatic heterocycles. The Labute approximate surface area is 114 Å². The fraction of sp³-hybridized carbons (Fsp3) is 0.533. The molecule has 104 valence electrons. The Hall–Kier alpha value is -1.39. The van der Waals surface area contributed by atoms with Crippen LogP contribution < -0.4 is 5.32 Å². The van der Waals surface area contributed by atoms with Gasteiger partial charge < -0.3 is 14.8 Å². The van der Waals surface area contributed by atoms with Crippen LogP contribution in [0, 0.1) is 0 Å². The quantitative estimate of drug-likeness (QED) is 0.845. The summed E-state index contributed by atoms with van der Waals surface area (Å²) in [6.45, 7) is 5.65. The van der Waals surface area contributed by atoms with Crippen LogP contribution in [0.15, 0.2) is 24.3 Å². The van der Waals surface area contributed by atoms with Crippen molar-refractivity contribution in [2.24, 2.45) is 0 Å². The van der Waals surface area contributed by atoms with Crippen LogP contribution in [0.1, 0.15) is 36.2 Å². The number of hydrogen-bond acceptors (Lipinski definition) is 4. The van der Waals surface area contributed by atoms with Gasteiger partial charge in [-0.3, -0.25) is 0 Å². The molecule has 0 bridgehead atoms. The van der Waals surface area contributed by atoms with Gasteiger partial charge in [-0.2, -0.15) is 0 Å². The van der Waals surface area contributed by atoms with Crippen molar-refractivity contribution < 1.29 is 14.3 Å². The molecule has 1 aromatic carbocycles. The van der Waals surface area contributed by atoms with Gasteiger partial charge in [-0.15, -0.1) is 0 Å². The Balaban J connectivity index is 2.09. The molecule has 4 nitrogen and oxygen atoms in total. The summed E-state index contributed by atoms with van der Waals surface area (Å²) in [7, 11) is 1.40. The molecule has 1 saturated heterocycles. The van der Waals surface area contributed by atoms with Crippen molar-refractivity contribution in [1.82, 2.24) is 5.32 Å². The molecule has 4 heteroatoms. The molecule has 19 heavy (non-hydrogen) atoms. The van der Waals surface area contributed by atoms with E-state index in [1.54, 1.807) is 6.07 Å². The molecule has 1 N–H and O–H groups in total. The number of benzene rings is 1. The molecule has 2 rings (SSSR count). The lowest BCUT2D eigenvalue weighted by Crippen LogP contribution is -2.47. The van der Waals surface area contributed by atoms with E-state index in [-0.39, 0.29) is 17.6 Å². The van der Waals surface area contributed by atoms with Gasteiger partial charge in [0.05, 0.1) is 18.8 Å². The lowest BCUT2D eigenvalue weighted by molar-refractivity contribution is 0.0598. The van der Waals surface area contributed by atoms with Gasteiger partial charge in [-0.1, -0.05) is 18.2 Å². The van der Waals surface area contributed by atoms with Crippen molar-refractivity contribution in [2.45, 2.75) is 38.5 Å². The Kier molecular flexibility index (Phi) is 4.22. The highest BCUT2D eigenvalue weighted by Gasteiger charge is 2.36. The van der Waals surface area contributed by atoms with Gasteiger partial charge in [0, 0.05) is 18.7 Å². The number of esters is 1. The van der Waals surface area contributed by atoms with Crippen LogP contribution in [0.5, 0.6) is 0 Å². The minimum absolute atomic E-state index is 0.0385. The van der Waals surface area contributed by atoms with Gasteiger partial charge in [0.2, 0.25) is 0 Å². The standard InChI is InChI=1S/C15H21NO3/c1-11-15(2,8-9-19-11)16-10-12-6-4-5-7-13(12)14(17)18-3/h4-7,11,16H,8-10H2,1-3H3. The summed E-state index contributed by atoms with van der Waals surface area (Å²) in [6.07, 6.45) is 1.16. The van der Waals surface area contributed by atoms with E-state index in [0.717, 1.165) is 18.6 Å². The first-order valence-corrected chi connectivity index (χ1v) is 6.59. The molecule has 0 aliphatic carbocycles. The molecular formula is C15H21NO3. The average molecular weight is 263 g/mol. The van der Waals surface area contributed by atoms with Crippen molar-refractivity contribution >= 4 is 5.97 Å². The summed E-state index contributed by atoms with van der Waals surface area (Å²) in [6, 6.07) is 7.52. The van der Waals surface area contributed by atoms with Crippen LogP contribution >= 0.6 is 0 Å². The Morgan fingerprint density at radius 3 is 2.89 bits per heavy atom. The van der Waals surface area contributed by atoms with E-state index in [1.807, 2.05) is 18.2 Å². The SMILES string of the molecule is COC(=O)c1ccccc1CNC1(C)CCOC1C. The fourth-order valence-corrected chi connectivity index (χ4v) is 2.35. The number of methoxy groups -OCH3 is 1. The van der Waals surface area contributed by atoms with E-state index < -0.39 is 0 Å². The first kappa shape index (κ1) is 14.0. The van der Waals surface area contributed by atoms with E-state index in [2.05, 4.69) is 19.2 Å². The molecule has 1 aromatic rings. The second kappa shape index (κ2) is 5.72. The maximum atomic E-state index is 11.7. The predicted octanol–water partition coefficient (Wildman–Crippen LogP) is 2.13. The molecule has 0 amide bonds. The second-order valence-corrected chi connectivity index (χ2v) is 5.18. The van der Waals surface area contributed by atoms with Gasteiger partial charge in [-0.05, 0) is 31.9 Å². The van der Waals surface area contributed by atoms with E-state index in [1.165, 1.54) is 7.11 Å². The summed E-state index contributed by atoms with van der Waals surface area (Å²) in [5.74, 6) is -0.293. The molecule has 0 saturated carbocycles. The number of ether oxygens (including phenoxy) is 2. The highest BCUT2D eigenvalue weighted by atomic mass is 16.5. The normalized spacial score (nSPS) is 26.4. The van der Waals surface area contributed by atoms with Crippen LogP contribution in [-0.2, 0) is 16.0 Å². The smallest absolute Gasteiger partial charge is 0.338 e. The molecule has 1 fully saturated rings. The van der Waals surface area contributed by atoms with Crippen molar-refractivity contribution in [2.75, 3.05) is 13.7 Å². The number of nitrogens with one attached hydrogen (secondary N) is 1. The van der Waals surface area contributed by atoms with Gasteiger partial charge in [0.15, 0.2) is 0 Å². The summed E-state index contributed by atoms with van der Waals surface area (Å²) in [5.41, 5.74) is 1.53. The fourth-order valence-electron chi connectivity index (χ4n) is 2.35. The topological polar surface area (TPSA) is 47.6 Å². The van der Waals surface area contributed by atoms with E-state index in [4.69, 9.17) is 9.47 Å². The summed E-state index contributed by atoms with van der Waals surface area (Å²) < 4.78 is 10.4. The first-order chi connectivity index (χ1) is 9.07. The van der Waals surface area contributed by atoms with Crippen molar-refractivity contribution in [3.05, 3.63) is 35.4 Å². The van der Waals surface area contributed by atoms with Crippen LogP contribution in [0.3, 0.4) is 0 Å². The molecular weight excluding hydrogens is 242 g/mol.